The van der Waals surface area contributed by atoms with Crippen LogP contribution in [0.15, 0.2) is 23.6 Å². The summed E-state index contributed by atoms with van der Waals surface area (Å²) in [4.78, 5) is 15.0. The number of rotatable bonds is 4. The van der Waals surface area contributed by atoms with E-state index in [0.29, 0.717) is 17.7 Å². The Morgan fingerprint density at radius 1 is 1.44 bits per heavy atom. The van der Waals surface area contributed by atoms with Crippen LogP contribution in [-0.2, 0) is 13.0 Å². The van der Waals surface area contributed by atoms with Crippen molar-refractivity contribution in [1.82, 2.24) is 4.98 Å². The molecule has 2 rings (SSSR count). The molecule has 0 aliphatic rings. The summed E-state index contributed by atoms with van der Waals surface area (Å²) in [5, 5.41) is 11.1. The van der Waals surface area contributed by atoms with E-state index in [1.54, 1.807) is 11.4 Å². The number of hydrogen-bond donors (Lipinski definition) is 2. The lowest BCUT2D eigenvalue weighted by Gasteiger charge is -2.05. The molecule has 0 radical (unpaired) electrons. The molecule has 0 aliphatic heterocycles. The lowest BCUT2D eigenvalue weighted by Crippen LogP contribution is -2.10. The van der Waals surface area contributed by atoms with Crippen molar-refractivity contribution >= 4 is 17.2 Å². The lowest BCUT2D eigenvalue weighted by atomic mass is 10.0. The van der Waals surface area contributed by atoms with Crippen LogP contribution in [0.1, 0.15) is 26.6 Å². The maximum Gasteiger partial charge on any atom is 0.277 e. The number of thiazole rings is 1. The van der Waals surface area contributed by atoms with E-state index >= 15 is 0 Å². The van der Waals surface area contributed by atoms with Crippen LogP contribution in [-0.4, -0.2) is 16.0 Å². The number of nitrogens with two attached hydrogens (primary N) is 1. The molecule has 0 aliphatic carbocycles. The van der Waals surface area contributed by atoms with Gasteiger partial charge in [-0.25, -0.2) is 9.37 Å². The van der Waals surface area contributed by atoms with Crippen LogP contribution in [0, 0.1) is 5.82 Å². The highest BCUT2D eigenvalue weighted by Gasteiger charge is 2.10. The molecule has 2 aromatic rings. The zero-order chi connectivity index (χ0) is 13.1. The van der Waals surface area contributed by atoms with E-state index < -0.39 is 5.91 Å². The monoisotopic (exact) mass is 266 g/mol. The van der Waals surface area contributed by atoms with Gasteiger partial charge in [0.25, 0.3) is 5.91 Å². The second-order valence-electron chi connectivity index (χ2n) is 3.76. The molecule has 3 N–H and O–H groups in total. The van der Waals surface area contributed by atoms with Crippen LogP contribution >= 0.6 is 11.3 Å². The number of carbonyl (C=O) groups is 1. The van der Waals surface area contributed by atoms with E-state index in [2.05, 4.69) is 4.98 Å². The summed E-state index contributed by atoms with van der Waals surface area (Å²) >= 11 is 1.17. The Labute approximate surface area is 107 Å². The first kappa shape index (κ1) is 12.7. The van der Waals surface area contributed by atoms with Gasteiger partial charge in [0.1, 0.15) is 5.82 Å². The predicted octanol–water partition coefficient (Wildman–Crippen LogP) is 1.46. The molecule has 18 heavy (non-hydrogen) atoms. The molecule has 1 aromatic heterocycles. The molecule has 0 atom stereocenters. The van der Waals surface area contributed by atoms with Gasteiger partial charge in [0, 0.05) is 11.8 Å². The Bertz CT molecular complexity index is 583. The largest absolute Gasteiger partial charge is 0.392 e. The highest BCUT2D eigenvalue weighted by atomic mass is 32.1. The number of benzene rings is 1. The van der Waals surface area contributed by atoms with E-state index in [9.17, 15) is 9.18 Å². The number of aliphatic hydroxyl groups excluding tert-OH is 1. The van der Waals surface area contributed by atoms with E-state index in [4.69, 9.17) is 10.8 Å². The molecule has 0 fully saturated rings. The number of aliphatic hydroxyl groups is 1. The van der Waals surface area contributed by atoms with Gasteiger partial charge in [0.2, 0.25) is 0 Å². The number of carbonyl (C=O) groups excluding carboxylic acids is 1. The molecule has 0 saturated carbocycles. The van der Waals surface area contributed by atoms with Crippen molar-refractivity contribution in [2.75, 3.05) is 0 Å². The highest BCUT2D eigenvalue weighted by Crippen LogP contribution is 2.18. The van der Waals surface area contributed by atoms with Gasteiger partial charge in [-0.3, -0.25) is 4.79 Å². The zero-order valence-corrected chi connectivity index (χ0v) is 10.2. The van der Waals surface area contributed by atoms with Crippen molar-refractivity contribution in [2.45, 2.75) is 13.0 Å². The van der Waals surface area contributed by atoms with Crippen molar-refractivity contribution in [3.8, 4) is 0 Å². The van der Waals surface area contributed by atoms with Gasteiger partial charge >= 0.3 is 0 Å². The molecule has 1 heterocycles. The number of primary amides is 1. The van der Waals surface area contributed by atoms with Crippen molar-refractivity contribution < 1.29 is 14.3 Å². The Morgan fingerprint density at radius 3 is 2.83 bits per heavy atom. The fourth-order valence-electron chi connectivity index (χ4n) is 1.61. The van der Waals surface area contributed by atoms with Crippen LogP contribution in [0.3, 0.4) is 0 Å². The smallest absolute Gasteiger partial charge is 0.277 e. The average molecular weight is 266 g/mol. The third kappa shape index (κ3) is 2.72. The quantitative estimate of drug-likeness (QED) is 0.879. The van der Waals surface area contributed by atoms with Crippen molar-refractivity contribution in [3.63, 3.8) is 0 Å². The topological polar surface area (TPSA) is 76.2 Å². The standard InChI is InChI=1S/C12H11FN2O2S/c13-9-2-1-7(8(3-9)5-16)4-10-6-18-12(15-10)11(14)17/h1-3,6,16H,4-5H2,(H2,14,17). The summed E-state index contributed by atoms with van der Waals surface area (Å²) < 4.78 is 13.0. The molecular weight excluding hydrogens is 255 g/mol. The second kappa shape index (κ2) is 5.24. The Kier molecular flexibility index (Phi) is 3.69. The fraction of sp³-hybridized carbons (Fsp3) is 0.167. The Hall–Kier alpha value is -1.79. The molecule has 0 unspecified atom stereocenters. The number of halogens is 1. The SMILES string of the molecule is NC(=O)c1nc(Cc2ccc(F)cc2CO)cs1. The number of aromatic nitrogens is 1. The van der Waals surface area contributed by atoms with E-state index in [1.807, 2.05) is 0 Å². The number of amides is 1. The van der Waals surface area contributed by atoms with Gasteiger partial charge in [-0.15, -0.1) is 11.3 Å². The summed E-state index contributed by atoms with van der Waals surface area (Å²) in [6.07, 6.45) is 0.431. The van der Waals surface area contributed by atoms with Gasteiger partial charge in [-0.1, -0.05) is 6.07 Å². The molecule has 4 nitrogen and oxygen atoms in total. The van der Waals surface area contributed by atoms with E-state index in [0.717, 1.165) is 5.56 Å². The van der Waals surface area contributed by atoms with Crippen LogP contribution in [0.2, 0.25) is 0 Å². The minimum Gasteiger partial charge on any atom is -0.392 e. The first-order valence-corrected chi connectivity index (χ1v) is 6.10. The van der Waals surface area contributed by atoms with Gasteiger partial charge in [-0.05, 0) is 23.3 Å². The van der Waals surface area contributed by atoms with Crippen LogP contribution in [0.25, 0.3) is 0 Å². The normalized spacial score (nSPS) is 10.6. The molecule has 0 saturated heterocycles. The minimum absolute atomic E-state index is 0.236. The Balaban J connectivity index is 2.25. The molecule has 1 aromatic carbocycles. The maximum absolute atomic E-state index is 13.0. The summed E-state index contributed by atoms with van der Waals surface area (Å²) in [5.74, 6) is -0.952. The highest BCUT2D eigenvalue weighted by molar-refractivity contribution is 7.11. The van der Waals surface area contributed by atoms with Crippen molar-refractivity contribution in [1.29, 1.82) is 0 Å². The average Bonchev–Trinajstić information content (AvgIpc) is 2.80. The third-order valence-corrected chi connectivity index (χ3v) is 3.38. The molecule has 0 bridgehead atoms. The first-order chi connectivity index (χ1) is 8.60. The molecule has 1 amide bonds. The lowest BCUT2D eigenvalue weighted by molar-refractivity contribution is 0.0999. The number of hydrogen-bond acceptors (Lipinski definition) is 4. The maximum atomic E-state index is 13.0. The Morgan fingerprint density at radius 2 is 2.22 bits per heavy atom. The van der Waals surface area contributed by atoms with Gasteiger partial charge in [0.15, 0.2) is 5.01 Å². The van der Waals surface area contributed by atoms with Crippen LogP contribution in [0.4, 0.5) is 4.39 Å². The minimum atomic E-state index is -0.562. The van der Waals surface area contributed by atoms with E-state index in [1.165, 1.54) is 23.5 Å². The third-order valence-electron chi connectivity index (χ3n) is 2.47. The zero-order valence-electron chi connectivity index (χ0n) is 9.39. The molecule has 94 valence electrons. The summed E-state index contributed by atoms with van der Waals surface area (Å²) in [6, 6.07) is 4.22. The van der Waals surface area contributed by atoms with E-state index in [-0.39, 0.29) is 17.4 Å². The van der Waals surface area contributed by atoms with Crippen LogP contribution < -0.4 is 5.73 Å². The summed E-state index contributed by atoms with van der Waals surface area (Å²) in [6.45, 7) is -0.236. The van der Waals surface area contributed by atoms with Crippen molar-refractivity contribution in [3.05, 3.63) is 51.2 Å². The second-order valence-corrected chi connectivity index (χ2v) is 4.61. The van der Waals surface area contributed by atoms with Gasteiger partial charge < -0.3 is 10.8 Å². The molecule has 0 spiro atoms. The molecular formula is C12H11FN2O2S. The summed E-state index contributed by atoms with van der Waals surface area (Å²) in [5.41, 5.74) is 7.09. The predicted molar refractivity (Wildman–Crippen MR) is 65.8 cm³/mol. The first-order valence-electron chi connectivity index (χ1n) is 5.22. The summed E-state index contributed by atoms with van der Waals surface area (Å²) in [7, 11) is 0. The van der Waals surface area contributed by atoms with Gasteiger partial charge in [0.05, 0.1) is 12.3 Å². The molecule has 6 heteroatoms. The van der Waals surface area contributed by atoms with Crippen LogP contribution in [0.5, 0.6) is 0 Å². The van der Waals surface area contributed by atoms with Crippen molar-refractivity contribution in [2.24, 2.45) is 5.73 Å². The number of nitrogens with zero attached hydrogens (tertiary/aromatic N) is 1. The van der Waals surface area contributed by atoms with Gasteiger partial charge in [-0.2, -0.15) is 0 Å². The fourth-order valence-corrected chi connectivity index (χ4v) is 2.28.